The molecule has 1 aliphatic rings. The largest absolute Gasteiger partial charge is 0.301 e. The van der Waals surface area contributed by atoms with Gasteiger partial charge >= 0.3 is 0 Å². The van der Waals surface area contributed by atoms with Gasteiger partial charge in [0.1, 0.15) is 18.8 Å². The summed E-state index contributed by atoms with van der Waals surface area (Å²) in [6.45, 7) is 2.50. The molecule has 4 rings (SSSR count). The maximum atomic E-state index is 12.9. The van der Waals surface area contributed by atoms with Crippen molar-refractivity contribution in [1.29, 1.82) is 0 Å². The Bertz CT molecular complexity index is 1200. The van der Waals surface area contributed by atoms with Crippen LogP contribution in [0, 0.1) is 0 Å². The molecule has 0 aliphatic carbocycles. The van der Waals surface area contributed by atoms with Crippen molar-refractivity contribution >= 4 is 45.4 Å². The molecule has 0 radical (unpaired) electrons. The Labute approximate surface area is 193 Å². The lowest BCUT2D eigenvalue weighted by Gasteiger charge is -2.22. The number of benzodiazepines with no additional fused rings is 1. The summed E-state index contributed by atoms with van der Waals surface area (Å²) in [6, 6.07) is 17.0. The van der Waals surface area contributed by atoms with Gasteiger partial charge in [-0.3, -0.25) is 19.3 Å². The van der Waals surface area contributed by atoms with Gasteiger partial charge in [-0.25, -0.2) is 5.43 Å². The number of rotatable bonds is 6. The second kappa shape index (κ2) is 9.69. The van der Waals surface area contributed by atoms with Gasteiger partial charge in [0.25, 0.3) is 5.91 Å². The minimum atomic E-state index is -0.415. The minimum Gasteiger partial charge on any atom is -0.301 e. The molecule has 2 heterocycles. The lowest BCUT2D eigenvalue weighted by molar-refractivity contribution is -0.123. The molecule has 3 aromatic rings. The van der Waals surface area contributed by atoms with Crippen molar-refractivity contribution in [1.82, 2.24) is 15.2 Å². The average Bonchev–Trinajstić information content (AvgIpc) is 3.21. The molecule has 9 heteroatoms. The van der Waals surface area contributed by atoms with E-state index in [9.17, 15) is 9.59 Å². The van der Waals surface area contributed by atoms with Crippen LogP contribution in [0.3, 0.4) is 0 Å². The fraction of sp³-hybridized carbons (Fsp3) is 0.174. The van der Waals surface area contributed by atoms with Crippen LogP contribution in [0.4, 0.5) is 5.69 Å². The summed E-state index contributed by atoms with van der Waals surface area (Å²) in [5.74, 6) is -0.679. The summed E-state index contributed by atoms with van der Waals surface area (Å²) in [6.07, 6.45) is 3.30. The zero-order chi connectivity index (χ0) is 22.5. The first kappa shape index (κ1) is 21.6. The van der Waals surface area contributed by atoms with Crippen LogP contribution in [0.5, 0.6) is 0 Å². The molecule has 0 unspecified atom stereocenters. The van der Waals surface area contributed by atoms with E-state index in [1.807, 2.05) is 61.7 Å². The highest BCUT2D eigenvalue weighted by Crippen LogP contribution is 2.29. The summed E-state index contributed by atoms with van der Waals surface area (Å²) in [5.41, 5.74) is 6.12. The normalized spacial score (nSPS) is 13.6. The Balaban J connectivity index is 1.55. The van der Waals surface area contributed by atoms with Crippen LogP contribution >= 0.6 is 15.9 Å². The van der Waals surface area contributed by atoms with Gasteiger partial charge in [-0.15, -0.1) is 0 Å². The molecule has 1 aliphatic heterocycles. The first-order valence-corrected chi connectivity index (χ1v) is 10.9. The van der Waals surface area contributed by atoms with Crippen molar-refractivity contribution in [2.75, 3.05) is 18.0 Å². The Hall–Kier alpha value is -3.59. The molecule has 2 amide bonds. The second-order valence-corrected chi connectivity index (χ2v) is 7.98. The molecule has 1 N–H and O–H groups in total. The molecule has 0 spiro atoms. The van der Waals surface area contributed by atoms with Crippen molar-refractivity contribution < 1.29 is 9.59 Å². The number of hydrogen-bond donors (Lipinski definition) is 1. The first-order chi connectivity index (χ1) is 15.5. The molecule has 0 saturated carbocycles. The van der Waals surface area contributed by atoms with Gasteiger partial charge in [0.15, 0.2) is 0 Å². The number of carbonyl (C=O) groups is 2. The topological polar surface area (TPSA) is 92.0 Å². The van der Waals surface area contributed by atoms with Crippen LogP contribution in [0.1, 0.15) is 23.7 Å². The predicted octanol–water partition coefficient (Wildman–Crippen LogP) is 3.00. The number of carbonyl (C=O) groups excluding carboxylic acids is 2. The molecule has 0 fully saturated rings. The van der Waals surface area contributed by atoms with E-state index in [-0.39, 0.29) is 19.0 Å². The summed E-state index contributed by atoms with van der Waals surface area (Å²) < 4.78 is 2.62. The Morgan fingerprint density at radius 1 is 1.22 bits per heavy atom. The van der Waals surface area contributed by atoms with Gasteiger partial charge < -0.3 is 4.90 Å². The Morgan fingerprint density at radius 3 is 2.78 bits per heavy atom. The number of hydrogen-bond acceptors (Lipinski definition) is 5. The molecular weight excluding hydrogens is 472 g/mol. The van der Waals surface area contributed by atoms with Crippen LogP contribution in [-0.2, 0) is 16.1 Å². The van der Waals surface area contributed by atoms with E-state index < -0.39 is 5.91 Å². The fourth-order valence-corrected chi connectivity index (χ4v) is 3.73. The minimum absolute atomic E-state index is 0.0540. The number of hydrazone groups is 1. The van der Waals surface area contributed by atoms with Gasteiger partial charge in [0.2, 0.25) is 5.91 Å². The van der Waals surface area contributed by atoms with Gasteiger partial charge in [-0.05, 0) is 31.2 Å². The SMILES string of the molecule is CCn1ccc(/C=N/NC(=O)CN2C(=O)CN=C(c3ccccc3)c3cc(Br)ccc32)n1. The molecule has 32 heavy (non-hydrogen) atoms. The summed E-state index contributed by atoms with van der Waals surface area (Å²) in [7, 11) is 0. The first-order valence-electron chi connectivity index (χ1n) is 10.1. The van der Waals surface area contributed by atoms with E-state index >= 15 is 0 Å². The quantitative estimate of drug-likeness (QED) is 0.423. The van der Waals surface area contributed by atoms with E-state index in [4.69, 9.17) is 0 Å². The van der Waals surface area contributed by atoms with Crippen molar-refractivity contribution in [3.8, 4) is 0 Å². The van der Waals surface area contributed by atoms with Crippen molar-refractivity contribution in [3.05, 3.63) is 82.1 Å². The van der Waals surface area contributed by atoms with Crippen LogP contribution in [0.2, 0.25) is 0 Å². The average molecular weight is 493 g/mol. The highest BCUT2D eigenvalue weighted by molar-refractivity contribution is 9.10. The third-order valence-electron chi connectivity index (χ3n) is 4.90. The number of aryl methyl sites for hydroxylation is 1. The van der Waals surface area contributed by atoms with Crippen LogP contribution in [-0.4, -0.2) is 46.6 Å². The summed E-state index contributed by atoms with van der Waals surface area (Å²) in [5, 5.41) is 8.23. The number of aromatic nitrogens is 2. The number of anilines is 1. The van der Waals surface area contributed by atoms with Gasteiger partial charge in [0.05, 0.1) is 17.6 Å². The maximum Gasteiger partial charge on any atom is 0.260 e. The number of nitrogens with zero attached hydrogens (tertiary/aromatic N) is 5. The van der Waals surface area contributed by atoms with Crippen molar-refractivity contribution in [2.24, 2.45) is 10.1 Å². The fourth-order valence-electron chi connectivity index (χ4n) is 3.37. The number of benzene rings is 2. The number of fused-ring (bicyclic) bond motifs is 1. The molecule has 0 bridgehead atoms. The van der Waals surface area contributed by atoms with E-state index in [0.717, 1.165) is 22.1 Å². The Morgan fingerprint density at radius 2 is 2.03 bits per heavy atom. The van der Waals surface area contributed by atoms with E-state index in [1.54, 1.807) is 10.7 Å². The number of nitrogens with one attached hydrogen (secondary N) is 1. The molecule has 8 nitrogen and oxygen atoms in total. The number of aliphatic imine (C=N–C) groups is 1. The third kappa shape index (κ3) is 4.83. The predicted molar refractivity (Wildman–Crippen MR) is 127 cm³/mol. The molecular formula is C23H21BrN6O2. The van der Waals surface area contributed by atoms with Gasteiger partial charge in [-0.1, -0.05) is 46.3 Å². The van der Waals surface area contributed by atoms with Crippen molar-refractivity contribution in [3.63, 3.8) is 0 Å². The lowest BCUT2D eigenvalue weighted by Crippen LogP contribution is -2.40. The summed E-state index contributed by atoms with van der Waals surface area (Å²) >= 11 is 3.50. The zero-order valence-corrected chi connectivity index (χ0v) is 19.0. The zero-order valence-electron chi connectivity index (χ0n) is 17.4. The smallest absolute Gasteiger partial charge is 0.260 e. The second-order valence-electron chi connectivity index (χ2n) is 7.06. The number of amides is 2. The lowest BCUT2D eigenvalue weighted by atomic mass is 10.0. The monoisotopic (exact) mass is 492 g/mol. The van der Waals surface area contributed by atoms with E-state index in [1.165, 1.54) is 11.1 Å². The molecule has 162 valence electrons. The van der Waals surface area contributed by atoms with E-state index in [2.05, 4.69) is 36.5 Å². The molecule has 2 aromatic carbocycles. The van der Waals surface area contributed by atoms with Crippen molar-refractivity contribution in [2.45, 2.75) is 13.5 Å². The van der Waals surface area contributed by atoms with Gasteiger partial charge in [-0.2, -0.15) is 10.2 Å². The van der Waals surface area contributed by atoms with Crippen LogP contribution in [0.15, 0.2) is 75.4 Å². The van der Waals surface area contributed by atoms with Gasteiger partial charge in [0, 0.05) is 28.3 Å². The highest BCUT2D eigenvalue weighted by Gasteiger charge is 2.27. The Kier molecular flexibility index (Phi) is 6.55. The highest BCUT2D eigenvalue weighted by atomic mass is 79.9. The third-order valence-corrected chi connectivity index (χ3v) is 5.39. The molecule has 0 saturated heterocycles. The summed E-state index contributed by atoms with van der Waals surface area (Å²) in [4.78, 5) is 31.4. The molecule has 0 atom stereocenters. The number of halogens is 1. The maximum absolute atomic E-state index is 12.9. The standard InChI is InChI=1S/C23H21BrN6O2/c1-2-29-11-10-18(28-29)13-26-27-21(31)15-30-20-9-8-17(24)12-19(20)23(25-14-22(30)32)16-6-4-3-5-7-16/h3-13H,2,14-15H2,1H3,(H,27,31)/b26-13+. The van der Waals surface area contributed by atoms with E-state index in [0.29, 0.717) is 17.1 Å². The molecule has 1 aromatic heterocycles. The van der Waals surface area contributed by atoms with Crippen LogP contribution in [0.25, 0.3) is 0 Å². The van der Waals surface area contributed by atoms with Crippen LogP contribution < -0.4 is 10.3 Å².